The molecule has 2 aliphatic rings. The third-order valence-corrected chi connectivity index (χ3v) is 5.21. The van der Waals surface area contributed by atoms with Gasteiger partial charge in [0.15, 0.2) is 5.17 Å². The van der Waals surface area contributed by atoms with Gasteiger partial charge in [0, 0.05) is 13.1 Å². The van der Waals surface area contributed by atoms with Crippen LogP contribution in [0, 0.1) is 5.92 Å². The summed E-state index contributed by atoms with van der Waals surface area (Å²) < 4.78 is 4.68. The molecule has 0 spiro atoms. The number of amidine groups is 1. The molecule has 24 heavy (non-hydrogen) atoms. The Hall–Kier alpha value is -2.08. The summed E-state index contributed by atoms with van der Waals surface area (Å²) in [6.45, 7) is 4.15. The molecule has 0 radical (unpaired) electrons. The Balaban J connectivity index is 1.71. The van der Waals surface area contributed by atoms with Crippen LogP contribution >= 0.6 is 11.8 Å². The fraction of sp³-hybridized carbons (Fsp3) is 0.389. The number of rotatable bonds is 2. The molecule has 2 heterocycles. The zero-order chi connectivity index (χ0) is 17.1. The lowest BCUT2D eigenvalue weighted by atomic mass is 10.0. The van der Waals surface area contributed by atoms with Crippen LogP contribution in [0.3, 0.4) is 0 Å². The number of aliphatic imine (C=N–C) groups is 1. The van der Waals surface area contributed by atoms with Gasteiger partial charge in [0.05, 0.1) is 17.6 Å². The molecule has 1 amide bonds. The molecule has 1 fully saturated rings. The van der Waals surface area contributed by atoms with Gasteiger partial charge in [0.2, 0.25) is 0 Å². The first-order chi connectivity index (χ1) is 11.6. The summed E-state index contributed by atoms with van der Waals surface area (Å²) in [4.78, 5) is 30.6. The standard InChI is InChI=1S/C18H20N2O3S/c1-12-4-3-9-20(11-12)18-19-16(21)15(24-18)10-13-5-7-14(8-6-13)17(22)23-2/h5-8,10,12H,3-4,9,11H2,1-2H3. The number of likely N-dealkylation sites (tertiary alicyclic amines) is 1. The lowest BCUT2D eigenvalue weighted by molar-refractivity contribution is -0.113. The van der Waals surface area contributed by atoms with Crippen molar-refractivity contribution in [1.29, 1.82) is 0 Å². The Labute approximate surface area is 145 Å². The quantitative estimate of drug-likeness (QED) is 0.609. The van der Waals surface area contributed by atoms with E-state index in [0.29, 0.717) is 16.4 Å². The fourth-order valence-electron chi connectivity index (χ4n) is 2.88. The highest BCUT2D eigenvalue weighted by Gasteiger charge is 2.28. The smallest absolute Gasteiger partial charge is 0.337 e. The maximum atomic E-state index is 12.2. The number of amides is 1. The zero-order valence-electron chi connectivity index (χ0n) is 13.8. The van der Waals surface area contributed by atoms with Crippen LogP contribution in [0.25, 0.3) is 6.08 Å². The van der Waals surface area contributed by atoms with Gasteiger partial charge in [-0.15, -0.1) is 0 Å². The molecule has 0 saturated carbocycles. The first-order valence-corrected chi connectivity index (χ1v) is 8.84. The van der Waals surface area contributed by atoms with Gasteiger partial charge < -0.3 is 9.64 Å². The molecule has 5 nitrogen and oxygen atoms in total. The van der Waals surface area contributed by atoms with Crippen LogP contribution in [0.2, 0.25) is 0 Å². The minimum atomic E-state index is -0.370. The van der Waals surface area contributed by atoms with Gasteiger partial charge in [-0.1, -0.05) is 19.1 Å². The molecule has 1 atom stereocenters. The van der Waals surface area contributed by atoms with Crippen molar-refractivity contribution in [1.82, 2.24) is 4.90 Å². The van der Waals surface area contributed by atoms with Gasteiger partial charge in [0.25, 0.3) is 5.91 Å². The van der Waals surface area contributed by atoms with Crippen molar-refractivity contribution < 1.29 is 14.3 Å². The summed E-state index contributed by atoms with van der Waals surface area (Å²) in [7, 11) is 1.35. The first kappa shape index (κ1) is 16.8. The molecule has 2 aliphatic heterocycles. The highest BCUT2D eigenvalue weighted by atomic mass is 32.2. The van der Waals surface area contributed by atoms with Crippen molar-refractivity contribution in [2.75, 3.05) is 20.2 Å². The normalized spacial score (nSPS) is 22.7. The second kappa shape index (κ2) is 7.21. The topological polar surface area (TPSA) is 59.0 Å². The summed E-state index contributed by atoms with van der Waals surface area (Å²) in [5.41, 5.74) is 1.35. The molecule has 1 aromatic rings. The number of benzene rings is 1. The van der Waals surface area contributed by atoms with Crippen molar-refractivity contribution in [3.8, 4) is 0 Å². The van der Waals surface area contributed by atoms with E-state index in [1.807, 2.05) is 6.08 Å². The highest BCUT2D eigenvalue weighted by Crippen LogP contribution is 2.32. The lowest BCUT2D eigenvalue weighted by Crippen LogP contribution is -2.37. The zero-order valence-corrected chi connectivity index (χ0v) is 14.6. The number of nitrogens with zero attached hydrogens (tertiary/aromatic N) is 2. The molecule has 1 saturated heterocycles. The second-order valence-corrected chi connectivity index (χ2v) is 7.13. The van der Waals surface area contributed by atoms with Crippen molar-refractivity contribution in [2.45, 2.75) is 19.8 Å². The SMILES string of the molecule is COC(=O)c1ccc(C=C2SC(N3CCCC(C)C3)=NC2=O)cc1. The van der Waals surface area contributed by atoms with Crippen molar-refractivity contribution in [3.63, 3.8) is 0 Å². The molecule has 0 aliphatic carbocycles. The number of ether oxygens (including phenoxy) is 1. The van der Waals surface area contributed by atoms with E-state index in [0.717, 1.165) is 30.2 Å². The Kier molecular flexibility index (Phi) is 5.04. The molecular formula is C18H20N2O3S. The Morgan fingerprint density at radius 2 is 2.12 bits per heavy atom. The largest absolute Gasteiger partial charge is 0.465 e. The van der Waals surface area contributed by atoms with E-state index in [2.05, 4.69) is 21.6 Å². The summed E-state index contributed by atoms with van der Waals surface area (Å²) >= 11 is 1.43. The van der Waals surface area contributed by atoms with Crippen molar-refractivity contribution in [2.24, 2.45) is 10.9 Å². The van der Waals surface area contributed by atoms with Gasteiger partial charge in [-0.25, -0.2) is 4.79 Å². The van der Waals surface area contributed by atoms with Crippen LogP contribution < -0.4 is 0 Å². The van der Waals surface area contributed by atoms with E-state index in [4.69, 9.17) is 0 Å². The Morgan fingerprint density at radius 3 is 2.79 bits per heavy atom. The highest BCUT2D eigenvalue weighted by molar-refractivity contribution is 8.18. The van der Waals surface area contributed by atoms with E-state index in [-0.39, 0.29) is 11.9 Å². The summed E-state index contributed by atoms with van der Waals surface area (Å²) in [5, 5.41) is 0.809. The lowest BCUT2D eigenvalue weighted by Gasteiger charge is -2.31. The van der Waals surface area contributed by atoms with E-state index < -0.39 is 0 Å². The van der Waals surface area contributed by atoms with E-state index in [1.54, 1.807) is 24.3 Å². The number of methoxy groups -OCH3 is 1. The average molecular weight is 344 g/mol. The van der Waals surface area contributed by atoms with Crippen LogP contribution in [0.4, 0.5) is 0 Å². The number of hydrogen-bond acceptors (Lipinski definition) is 5. The summed E-state index contributed by atoms with van der Waals surface area (Å²) in [5.74, 6) is 0.0756. The van der Waals surface area contributed by atoms with Gasteiger partial charge >= 0.3 is 5.97 Å². The minimum Gasteiger partial charge on any atom is -0.465 e. The molecule has 1 aromatic carbocycles. The van der Waals surface area contributed by atoms with Gasteiger partial charge in [-0.05, 0) is 54.3 Å². The van der Waals surface area contributed by atoms with E-state index >= 15 is 0 Å². The molecule has 1 unspecified atom stereocenters. The molecule has 0 bridgehead atoms. The van der Waals surface area contributed by atoms with Crippen LogP contribution in [-0.4, -0.2) is 42.1 Å². The third-order valence-electron chi connectivity index (χ3n) is 4.17. The Bertz CT molecular complexity index is 709. The number of carbonyl (C=O) groups excluding carboxylic acids is 2. The molecule has 3 rings (SSSR count). The first-order valence-electron chi connectivity index (χ1n) is 8.02. The monoisotopic (exact) mass is 344 g/mol. The summed E-state index contributed by atoms with van der Waals surface area (Å²) in [6.07, 6.45) is 4.19. The molecule has 6 heteroatoms. The van der Waals surface area contributed by atoms with Crippen LogP contribution in [0.1, 0.15) is 35.7 Å². The van der Waals surface area contributed by atoms with E-state index in [1.165, 1.54) is 25.3 Å². The number of carbonyl (C=O) groups is 2. The molecular weight excluding hydrogens is 324 g/mol. The number of thioether (sulfide) groups is 1. The van der Waals surface area contributed by atoms with Gasteiger partial charge in [-0.2, -0.15) is 4.99 Å². The van der Waals surface area contributed by atoms with Crippen LogP contribution in [0.15, 0.2) is 34.2 Å². The second-order valence-electron chi connectivity index (χ2n) is 6.12. The van der Waals surface area contributed by atoms with Crippen LogP contribution in [0.5, 0.6) is 0 Å². The van der Waals surface area contributed by atoms with Crippen molar-refractivity contribution in [3.05, 3.63) is 40.3 Å². The van der Waals surface area contributed by atoms with Gasteiger partial charge in [0.1, 0.15) is 0 Å². The average Bonchev–Trinajstić information content (AvgIpc) is 2.96. The van der Waals surface area contributed by atoms with Crippen molar-refractivity contribution >= 4 is 34.9 Å². The third kappa shape index (κ3) is 3.70. The molecule has 0 aromatic heterocycles. The predicted molar refractivity (Wildman–Crippen MR) is 95.8 cm³/mol. The van der Waals surface area contributed by atoms with E-state index in [9.17, 15) is 9.59 Å². The van der Waals surface area contributed by atoms with Gasteiger partial charge in [-0.3, -0.25) is 4.79 Å². The maximum absolute atomic E-state index is 12.2. The van der Waals surface area contributed by atoms with Crippen LogP contribution in [-0.2, 0) is 9.53 Å². The number of hydrogen-bond donors (Lipinski definition) is 0. The molecule has 0 N–H and O–H groups in total. The fourth-order valence-corrected chi connectivity index (χ4v) is 3.83. The summed E-state index contributed by atoms with van der Waals surface area (Å²) in [6, 6.07) is 6.98. The molecule has 126 valence electrons. The Morgan fingerprint density at radius 1 is 1.38 bits per heavy atom. The maximum Gasteiger partial charge on any atom is 0.337 e. The minimum absolute atomic E-state index is 0.190. The number of esters is 1. The predicted octanol–water partition coefficient (Wildman–Crippen LogP) is 3.18. The number of piperidine rings is 1.